The summed E-state index contributed by atoms with van der Waals surface area (Å²) in [5.74, 6) is 3.83. The fraction of sp³-hybridized carbons (Fsp3) is 0.833. The lowest BCUT2D eigenvalue weighted by molar-refractivity contribution is 0.155. The van der Waals surface area contributed by atoms with Gasteiger partial charge in [0, 0.05) is 17.8 Å². The lowest BCUT2D eigenvalue weighted by Crippen LogP contribution is -2.25. The van der Waals surface area contributed by atoms with E-state index in [1.54, 1.807) is 0 Å². The Bertz CT molecular complexity index is 561. The van der Waals surface area contributed by atoms with Crippen LogP contribution in [0.25, 0.3) is 0 Å². The molecular formula is C30H51N. The summed E-state index contributed by atoms with van der Waals surface area (Å²) in [5.41, 5.74) is 2.82. The van der Waals surface area contributed by atoms with Gasteiger partial charge in [-0.15, -0.1) is 0 Å². The minimum Gasteiger partial charge on any atom is -0.261 e. The molecule has 31 heavy (non-hydrogen) atoms. The van der Waals surface area contributed by atoms with Gasteiger partial charge in [-0.05, 0) is 80.8 Å². The standard InChI is InChI=1S/C30H51N/c1-3-5-7-9-11-13-26-16-23-30(31-24-26)29-21-19-28(20-22-29)27-17-14-25(15-18-27)12-10-8-6-4-2/h16,23-25,27-29H,3-15,17-22H2,1-2H3/t25-,27-,28?,29?. The topological polar surface area (TPSA) is 12.9 Å². The first-order valence-electron chi connectivity index (χ1n) is 14.2. The molecule has 0 amide bonds. The van der Waals surface area contributed by atoms with Gasteiger partial charge in [0.15, 0.2) is 0 Å². The van der Waals surface area contributed by atoms with Crippen molar-refractivity contribution >= 4 is 0 Å². The predicted molar refractivity (Wildman–Crippen MR) is 136 cm³/mol. The minimum atomic E-state index is 0.727. The highest BCUT2D eigenvalue weighted by Crippen LogP contribution is 2.44. The third-order valence-electron chi connectivity index (χ3n) is 8.63. The summed E-state index contributed by atoms with van der Waals surface area (Å²) >= 11 is 0. The summed E-state index contributed by atoms with van der Waals surface area (Å²) in [4.78, 5) is 4.91. The first-order chi connectivity index (χ1) is 15.3. The predicted octanol–water partition coefficient (Wildman–Crippen LogP) is 9.65. The Kier molecular flexibility index (Phi) is 11.5. The van der Waals surface area contributed by atoms with Gasteiger partial charge in [-0.3, -0.25) is 4.98 Å². The van der Waals surface area contributed by atoms with E-state index in [9.17, 15) is 0 Å². The van der Waals surface area contributed by atoms with Crippen molar-refractivity contribution in [1.29, 1.82) is 0 Å². The highest BCUT2D eigenvalue weighted by molar-refractivity contribution is 5.17. The molecule has 2 saturated carbocycles. The van der Waals surface area contributed by atoms with E-state index < -0.39 is 0 Å². The van der Waals surface area contributed by atoms with Crippen molar-refractivity contribution in [3.8, 4) is 0 Å². The number of nitrogens with zero attached hydrogens (tertiary/aromatic N) is 1. The Morgan fingerprint density at radius 2 is 1.29 bits per heavy atom. The number of unbranched alkanes of at least 4 members (excludes halogenated alkanes) is 7. The van der Waals surface area contributed by atoms with E-state index in [-0.39, 0.29) is 0 Å². The van der Waals surface area contributed by atoms with E-state index in [0.717, 1.165) is 23.7 Å². The third-order valence-corrected chi connectivity index (χ3v) is 8.63. The largest absolute Gasteiger partial charge is 0.261 e. The second-order valence-electron chi connectivity index (χ2n) is 11.0. The molecule has 0 saturated heterocycles. The van der Waals surface area contributed by atoms with Crippen LogP contribution in [-0.4, -0.2) is 4.98 Å². The Morgan fingerprint density at radius 3 is 1.90 bits per heavy atom. The average molecular weight is 426 g/mol. The lowest BCUT2D eigenvalue weighted by atomic mass is 9.68. The van der Waals surface area contributed by atoms with Crippen molar-refractivity contribution in [2.24, 2.45) is 17.8 Å². The SMILES string of the molecule is CCCCCCCc1ccc(C2CCC([C@H]3CC[C@H](CCCCCC)CC3)CC2)nc1. The maximum atomic E-state index is 4.91. The van der Waals surface area contributed by atoms with Gasteiger partial charge in [-0.2, -0.15) is 0 Å². The van der Waals surface area contributed by atoms with Crippen molar-refractivity contribution < 1.29 is 0 Å². The minimum absolute atomic E-state index is 0.727. The molecule has 1 aromatic rings. The monoisotopic (exact) mass is 425 g/mol. The zero-order chi connectivity index (χ0) is 21.7. The van der Waals surface area contributed by atoms with E-state index in [1.165, 1.54) is 133 Å². The zero-order valence-corrected chi connectivity index (χ0v) is 20.9. The molecule has 1 nitrogen and oxygen atoms in total. The lowest BCUT2D eigenvalue weighted by Gasteiger charge is -2.38. The summed E-state index contributed by atoms with van der Waals surface area (Å²) < 4.78 is 0. The molecule has 2 aliphatic carbocycles. The Morgan fingerprint density at radius 1 is 0.677 bits per heavy atom. The first-order valence-corrected chi connectivity index (χ1v) is 14.2. The molecule has 3 rings (SSSR count). The van der Waals surface area contributed by atoms with Gasteiger partial charge in [0.1, 0.15) is 0 Å². The maximum absolute atomic E-state index is 4.91. The van der Waals surface area contributed by atoms with Crippen LogP contribution in [0.3, 0.4) is 0 Å². The van der Waals surface area contributed by atoms with E-state index >= 15 is 0 Å². The molecule has 0 radical (unpaired) electrons. The molecule has 0 atom stereocenters. The molecule has 1 heteroatoms. The van der Waals surface area contributed by atoms with Crippen LogP contribution >= 0.6 is 0 Å². The summed E-state index contributed by atoms with van der Waals surface area (Å²) in [6.45, 7) is 4.61. The normalized spacial score (nSPS) is 26.8. The molecule has 176 valence electrons. The fourth-order valence-corrected chi connectivity index (χ4v) is 6.45. The van der Waals surface area contributed by atoms with E-state index in [1.807, 2.05) is 0 Å². The Balaban J connectivity index is 1.32. The first kappa shape index (κ1) is 24.8. The smallest absolute Gasteiger partial charge is 0.0434 e. The highest BCUT2D eigenvalue weighted by Gasteiger charge is 2.31. The van der Waals surface area contributed by atoms with Crippen LogP contribution in [0, 0.1) is 17.8 Å². The molecule has 0 aliphatic heterocycles. The van der Waals surface area contributed by atoms with Crippen LogP contribution in [0.15, 0.2) is 18.3 Å². The molecule has 0 bridgehead atoms. The van der Waals surface area contributed by atoms with Crippen LogP contribution in [0.5, 0.6) is 0 Å². The van der Waals surface area contributed by atoms with Gasteiger partial charge in [0.2, 0.25) is 0 Å². The zero-order valence-electron chi connectivity index (χ0n) is 20.9. The molecule has 1 aromatic heterocycles. The van der Waals surface area contributed by atoms with Gasteiger partial charge in [-0.1, -0.05) is 90.5 Å². The van der Waals surface area contributed by atoms with Gasteiger partial charge < -0.3 is 0 Å². The van der Waals surface area contributed by atoms with Crippen LogP contribution in [0.1, 0.15) is 147 Å². The number of pyridine rings is 1. The van der Waals surface area contributed by atoms with E-state index in [4.69, 9.17) is 4.98 Å². The molecular weight excluding hydrogens is 374 g/mol. The second-order valence-corrected chi connectivity index (χ2v) is 11.0. The number of hydrogen-bond acceptors (Lipinski definition) is 1. The van der Waals surface area contributed by atoms with Gasteiger partial charge in [0.05, 0.1) is 0 Å². The molecule has 1 heterocycles. The van der Waals surface area contributed by atoms with Gasteiger partial charge in [-0.25, -0.2) is 0 Å². The summed E-state index contributed by atoms with van der Waals surface area (Å²) in [6.07, 6.45) is 29.3. The summed E-state index contributed by atoms with van der Waals surface area (Å²) in [7, 11) is 0. The molecule has 0 aromatic carbocycles. The Labute approximate surface area is 194 Å². The fourth-order valence-electron chi connectivity index (χ4n) is 6.45. The van der Waals surface area contributed by atoms with Gasteiger partial charge >= 0.3 is 0 Å². The van der Waals surface area contributed by atoms with Crippen LogP contribution in [0.4, 0.5) is 0 Å². The van der Waals surface area contributed by atoms with Crippen LogP contribution < -0.4 is 0 Å². The molecule has 2 aliphatic rings. The number of rotatable bonds is 13. The molecule has 0 spiro atoms. The summed E-state index contributed by atoms with van der Waals surface area (Å²) in [6, 6.07) is 4.73. The quantitative estimate of drug-likeness (QED) is 0.287. The van der Waals surface area contributed by atoms with Crippen molar-refractivity contribution in [2.45, 2.75) is 142 Å². The average Bonchev–Trinajstić information content (AvgIpc) is 2.83. The van der Waals surface area contributed by atoms with E-state index in [2.05, 4.69) is 32.2 Å². The number of hydrogen-bond donors (Lipinski definition) is 0. The highest BCUT2D eigenvalue weighted by atomic mass is 14.7. The summed E-state index contributed by atoms with van der Waals surface area (Å²) in [5, 5.41) is 0. The molecule has 0 N–H and O–H groups in total. The number of aryl methyl sites for hydroxylation is 1. The maximum Gasteiger partial charge on any atom is 0.0434 e. The van der Waals surface area contributed by atoms with Crippen LogP contribution in [0.2, 0.25) is 0 Å². The second kappa shape index (κ2) is 14.3. The van der Waals surface area contributed by atoms with Crippen molar-refractivity contribution in [3.63, 3.8) is 0 Å². The van der Waals surface area contributed by atoms with Crippen molar-refractivity contribution in [3.05, 3.63) is 29.6 Å². The van der Waals surface area contributed by atoms with Crippen LogP contribution in [-0.2, 0) is 6.42 Å². The van der Waals surface area contributed by atoms with Gasteiger partial charge in [0.25, 0.3) is 0 Å². The van der Waals surface area contributed by atoms with Crippen molar-refractivity contribution in [2.75, 3.05) is 0 Å². The third kappa shape index (κ3) is 8.54. The number of aromatic nitrogens is 1. The molecule has 2 fully saturated rings. The van der Waals surface area contributed by atoms with E-state index in [0.29, 0.717) is 0 Å². The Hall–Kier alpha value is -0.850. The molecule has 0 unspecified atom stereocenters. The van der Waals surface area contributed by atoms with Crippen molar-refractivity contribution in [1.82, 2.24) is 4.98 Å².